The molecule has 1 unspecified atom stereocenters. The summed E-state index contributed by atoms with van der Waals surface area (Å²) in [6.07, 6.45) is 2.51. The monoisotopic (exact) mass is 293 g/mol. The maximum Gasteiger partial charge on any atom is 0.333 e. The Hall–Kier alpha value is -2.15. The number of methoxy groups -OCH3 is 1. The third-order valence-electron chi connectivity index (χ3n) is 2.89. The fourth-order valence-corrected chi connectivity index (χ4v) is 2.70. The van der Waals surface area contributed by atoms with Crippen LogP contribution in [0.4, 0.5) is 11.4 Å². The molecule has 7 heteroatoms. The molecular weight excluding hydrogens is 278 g/mol. The minimum Gasteiger partial charge on any atom is -0.490 e. The first kappa shape index (κ1) is 14.3. The number of nitrogens with zero attached hydrogens (tertiary/aromatic N) is 2. The quantitative estimate of drug-likeness (QED) is 0.650. The Kier molecular flexibility index (Phi) is 4.52. The van der Waals surface area contributed by atoms with Gasteiger partial charge < -0.3 is 10.1 Å². The van der Waals surface area contributed by atoms with Crippen LogP contribution in [-0.4, -0.2) is 17.0 Å². The van der Waals surface area contributed by atoms with Crippen molar-refractivity contribution < 1.29 is 9.66 Å². The number of nitro benzene ring substituents is 1. The fourth-order valence-electron chi connectivity index (χ4n) is 1.92. The topological polar surface area (TPSA) is 77.3 Å². The molecule has 0 amide bonds. The van der Waals surface area contributed by atoms with Gasteiger partial charge in [-0.1, -0.05) is 13.0 Å². The number of nitro groups is 1. The van der Waals surface area contributed by atoms with Gasteiger partial charge in [-0.3, -0.25) is 10.1 Å². The molecule has 2 rings (SSSR count). The summed E-state index contributed by atoms with van der Waals surface area (Å²) in [6, 6.07) is 4.92. The van der Waals surface area contributed by atoms with E-state index in [0.29, 0.717) is 5.69 Å². The predicted molar refractivity (Wildman–Crippen MR) is 78.4 cm³/mol. The fraction of sp³-hybridized carbons (Fsp3) is 0.308. The van der Waals surface area contributed by atoms with Gasteiger partial charge in [0.1, 0.15) is 10.7 Å². The number of anilines is 1. The number of rotatable bonds is 6. The lowest BCUT2D eigenvalue weighted by molar-refractivity contribution is -0.384. The van der Waals surface area contributed by atoms with Crippen LogP contribution in [0.5, 0.6) is 5.75 Å². The first-order valence-electron chi connectivity index (χ1n) is 6.14. The highest BCUT2D eigenvalue weighted by molar-refractivity contribution is 7.09. The zero-order valence-corrected chi connectivity index (χ0v) is 12.0. The zero-order chi connectivity index (χ0) is 14.5. The van der Waals surface area contributed by atoms with Crippen molar-refractivity contribution in [2.24, 2.45) is 0 Å². The highest BCUT2D eigenvalue weighted by Gasteiger charge is 2.23. The molecule has 0 aliphatic carbocycles. The van der Waals surface area contributed by atoms with E-state index in [9.17, 15) is 10.1 Å². The van der Waals surface area contributed by atoms with Gasteiger partial charge in [0, 0.05) is 11.6 Å². The van der Waals surface area contributed by atoms with Gasteiger partial charge in [0.15, 0.2) is 5.75 Å². The minimum atomic E-state index is -0.435. The van der Waals surface area contributed by atoms with Crippen molar-refractivity contribution in [3.05, 3.63) is 44.9 Å². The third kappa shape index (κ3) is 2.88. The largest absolute Gasteiger partial charge is 0.490 e. The molecule has 0 saturated carbocycles. The summed E-state index contributed by atoms with van der Waals surface area (Å²) in [5.41, 5.74) is 0.390. The van der Waals surface area contributed by atoms with Crippen molar-refractivity contribution >= 4 is 22.7 Å². The molecule has 1 aromatic carbocycles. The average molecular weight is 293 g/mol. The summed E-state index contributed by atoms with van der Waals surface area (Å²) in [4.78, 5) is 15.1. The van der Waals surface area contributed by atoms with E-state index in [1.165, 1.54) is 18.4 Å². The predicted octanol–water partition coefficient (Wildman–Crippen LogP) is 3.62. The number of nitrogens with one attached hydrogen (secondary N) is 1. The molecule has 20 heavy (non-hydrogen) atoms. The maximum absolute atomic E-state index is 11.2. The van der Waals surface area contributed by atoms with E-state index in [0.717, 1.165) is 11.4 Å². The second-order valence-corrected chi connectivity index (χ2v) is 5.02. The molecule has 0 aliphatic heterocycles. The summed E-state index contributed by atoms with van der Waals surface area (Å²) in [5, 5.41) is 17.2. The highest BCUT2D eigenvalue weighted by Crippen LogP contribution is 2.37. The lowest BCUT2D eigenvalue weighted by atomic mass is 10.2. The number of benzene rings is 1. The average Bonchev–Trinajstić information content (AvgIpc) is 2.97. The van der Waals surface area contributed by atoms with Crippen molar-refractivity contribution in [2.75, 3.05) is 12.4 Å². The Labute approximate surface area is 120 Å². The molecule has 1 aromatic heterocycles. The molecule has 1 N–H and O–H groups in total. The van der Waals surface area contributed by atoms with Gasteiger partial charge in [0.2, 0.25) is 0 Å². The normalized spacial score (nSPS) is 11.9. The van der Waals surface area contributed by atoms with Gasteiger partial charge in [0.05, 0.1) is 18.1 Å². The molecule has 1 atom stereocenters. The van der Waals surface area contributed by atoms with Crippen molar-refractivity contribution in [1.29, 1.82) is 0 Å². The number of hydrogen-bond acceptors (Lipinski definition) is 6. The SMILES string of the molecule is CCC(Nc1cccc(OC)c1[N+](=O)[O-])c1nccs1. The summed E-state index contributed by atoms with van der Waals surface area (Å²) < 4.78 is 5.06. The molecule has 106 valence electrons. The summed E-state index contributed by atoms with van der Waals surface area (Å²) in [5.74, 6) is 0.244. The van der Waals surface area contributed by atoms with E-state index in [1.807, 2.05) is 12.3 Å². The molecule has 0 aliphatic rings. The van der Waals surface area contributed by atoms with Gasteiger partial charge in [-0.25, -0.2) is 4.98 Å². The van der Waals surface area contributed by atoms with Crippen LogP contribution in [0.3, 0.4) is 0 Å². The summed E-state index contributed by atoms with van der Waals surface area (Å²) in [6.45, 7) is 2.01. The first-order chi connectivity index (χ1) is 9.67. The molecule has 1 heterocycles. The summed E-state index contributed by atoms with van der Waals surface area (Å²) >= 11 is 1.52. The lowest BCUT2D eigenvalue weighted by Gasteiger charge is -2.16. The highest BCUT2D eigenvalue weighted by atomic mass is 32.1. The van der Waals surface area contributed by atoms with Crippen LogP contribution in [0.1, 0.15) is 24.4 Å². The molecule has 2 aromatic rings. The van der Waals surface area contributed by atoms with E-state index in [4.69, 9.17) is 4.74 Å². The van der Waals surface area contributed by atoms with Gasteiger partial charge in [-0.2, -0.15) is 0 Å². The van der Waals surface area contributed by atoms with Crippen LogP contribution < -0.4 is 10.1 Å². The van der Waals surface area contributed by atoms with Gasteiger partial charge >= 0.3 is 5.69 Å². The Balaban J connectivity index is 2.35. The maximum atomic E-state index is 11.2. The van der Waals surface area contributed by atoms with Gasteiger partial charge in [-0.15, -0.1) is 11.3 Å². The molecule has 6 nitrogen and oxygen atoms in total. The minimum absolute atomic E-state index is 0.0509. The first-order valence-corrected chi connectivity index (χ1v) is 7.02. The standard InChI is InChI=1S/C13H15N3O3S/c1-3-9(13-14-7-8-20-13)15-10-5-4-6-11(19-2)12(10)16(17)18/h4-9,15H,3H2,1-2H3. The van der Waals surface area contributed by atoms with Crippen molar-refractivity contribution in [3.63, 3.8) is 0 Å². The molecule has 0 bridgehead atoms. The van der Waals surface area contributed by atoms with Crippen LogP contribution in [0.2, 0.25) is 0 Å². The van der Waals surface area contributed by atoms with E-state index in [1.54, 1.807) is 24.4 Å². The summed E-state index contributed by atoms with van der Waals surface area (Å²) in [7, 11) is 1.42. The molecular formula is C13H15N3O3S. The van der Waals surface area contributed by atoms with E-state index in [-0.39, 0.29) is 17.5 Å². The van der Waals surface area contributed by atoms with Crippen molar-refractivity contribution in [2.45, 2.75) is 19.4 Å². The van der Waals surface area contributed by atoms with Crippen molar-refractivity contribution in [3.8, 4) is 5.75 Å². The van der Waals surface area contributed by atoms with Crippen LogP contribution >= 0.6 is 11.3 Å². The van der Waals surface area contributed by atoms with Crippen LogP contribution in [-0.2, 0) is 0 Å². The number of hydrogen-bond donors (Lipinski definition) is 1. The molecule has 0 spiro atoms. The number of aromatic nitrogens is 1. The van der Waals surface area contributed by atoms with E-state index >= 15 is 0 Å². The Morgan fingerprint density at radius 2 is 2.35 bits per heavy atom. The van der Waals surface area contributed by atoms with Gasteiger partial charge in [-0.05, 0) is 18.6 Å². The Morgan fingerprint density at radius 1 is 1.55 bits per heavy atom. The van der Waals surface area contributed by atoms with Crippen molar-refractivity contribution in [1.82, 2.24) is 4.98 Å². The smallest absolute Gasteiger partial charge is 0.333 e. The van der Waals surface area contributed by atoms with E-state index < -0.39 is 4.92 Å². The Bertz CT molecular complexity index is 587. The molecule has 0 saturated heterocycles. The Morgan fingerprint density at radius 3 is 2.90 bits per heavy atom. The second-order valence-electron chi connectivity index (χ2n) is 4.09. The lowest BCUT2D eigenvalue weighted by Crippen LogP contribution is -2.11. The van der Waals surface area contributed by atoms with Crippen LogP contribution in [0, 0.1) is 10.1 Å². The van der Waals surface area contributed by atoms with Crippen LogP contribution in [0.15, 0.2) is 29.8 Å². The zero-order valence-electron chi connectivity index (χ0n) is 11.2. The van der Waals surface area contributed by atoms with Crippen LogP contribution in [0.25, 0.3) is 0 Å². The van der Waals surface area contributed by atoms with Gasteiger partial charge in [0.25, 0.3) is 0 Å². The van der Waals surface area contributed by atoms with E-state index in [2.05, 4.69) is 10.3 Å². The second kappa shape index (κ2) is 6.33. The molecule has 0 fully saturated rings. The number of ether oxygens (including phenoxy) is 1. The number of para-hydroxylation sites is 1. The third-order valence-corrected chi connectivity index (χ3v) is 3.78. The number of thiazole rings is 1. The molecule has 0 radical (unpaired) electrons.